The summed E-state index contributed by atoms with van der Waals surface area (Å²) in [6.45, 7) is 5.34. The number of nitrogens with one attached hydrogen (secondary N) is 1. The van der Waals surface area contributed by atoms with Crippen LogP contribution >= 0.6 is 0 Å². The topological polar surface area (TPSA) is 27.1 Å². The van der Waals surface area contributed by atoms with Gasteiger partial charge in [0.25, 0.3) is 0 Å². The molecule has 1 saturated heterocycles. The molecular formula is C14H20N2. The molecule has 1 aromatic carbocycles. The van der Waals surface area contributed by atoms with Gasteiger partial charge in [-0.15, -0.1) is 0 Å². The van der Waals surface area contributed by atoms with Crippen LogP contribution in [0.15, 0.2) is 24.3 Å². The van der Waals surface area contributed by atoms with Crippen LogP contribution in [0.3, 0.4) is 0 Å². The molecule has 2 nitrogen and oxygen atoms in total. The van der Waals surface area contributed by atoms with Crippen molar-refractivity contribution in [1.82, 2.24) is 4.90 Å². The average molecular weight is 216 g/mol. The van der Waals surface area contributed by atoms with Gasteiger partial charge in [0.05, 0.1) is 0 Å². The molecule has 0 amide bonds. The van der Waals surface area contributed by atoms with Gasteiger partial charge in [0, 0.05) is 18.8 Å². The highest BCUT2D eigenvalue weighted by Gasteiger charge is 2.11. The van der Waals surface area contributed by atoms with Crippen LogP contribution in [0.4, 0.5) is 0 Å². The summed E-state index contributed by atoms with van der Waals surface area (Å²) in [5.74, 6) is 0. The van der Waals surface area contributed by atoms with Crippen LogP contribution in [-0.2, 0) is 6.54 Å². The van der Waals surface area contributed by atoms with Crippen LogP contribution in [0.1, 0.15) is 30.4 Å². The molecule has 1 aromatic rings. The first kappa shape index (κ1) is 11.3. The van der Waals surface area contributed by atoms with E-state index in [0.29, 0.717) is 0 Å². The normalized spacial score (nSPS) is 18.4. The molecule has 1 N–H and O–H groups in total. The van der Waals surface area contributed by atoms with Gasteiger partial charge < -0.3 is 5.41 Å². The fraction of sp³-hybridized carbons (Fsp3) is 0.500. The van der Waals surface area contributed by atoms with Gasteiger partial charge in [-0.05, 0) is 38.3 Å². The van der Waals surface area contributed by atoms with Gasteiger partial charge in [-0.25, -0.2) is 0 Å². The van der Waals surface area contributed by atoms with Crippen LogP contribution in [0.5, 0.6) is 0 Å². The maximum atomic E-state index is 7.70. The first-order valence-corrected chi connectivity index (χ1v) is 6.08. The number of benzene rings is 1. The van der Waals surface area contributed by atoms with E-state index >= 15 is 0 Å². The summed E-state index contributed by atoms with van der Waals surface area (Å²) in [7, 11) is 0. The quantitative estimate of drug-likeness (QED) is 0.808. The highest BCUT2D eigenvalue weighted by molar-refractivity contribution is 5.81. The lowest BCUT2D eigenvalue weighted by Crippen LogP contribution is -2.24. The van der Waals surface area contributed by atoms with Crippen LogP contribution in [0.25, 0.3) is 0 Å². The van der Waals surface area contributed by atoms with Crippen molar-refractivity contribution in [2.45, 2.75) is 32.7 Å². The number of rotatable bonds is 2. The second-order valence-electron chi connectivity index (χ2n) is 4.72. The molecule has 0 aliphatic carbocycles. The molecule has 2 heteroatoms. The van der Waals surface area contributed by atoms with E-state index in [-0.39, 0.29) is 0 Å². The summed E-state index contributed by atoms with van der Waals surface area (Å²) in [6.07, 6.45) is 3.08. The van der Waals surface area contributed by atoms with Gasteiger partial charge in [-0.1, -0.05) is 29.8 Å². The van der Waals surface area contributed by atoms with Gasteiger partial charge in [0.1, 0.15) is 0 Å². The van der Waals surface area contributed by atoms with Crippen molar-refractivity contribution < 1.29 is 0 Å². The van der Waals surface area contributed by atoms with Crippen LogP contribution in [0.2, 0.25) is 0 Å². The predicted octanol–water partition coefficient (Wildman–Crippen LogP) is 3.00. The van der Waals surface area contributed by atoms with E-state index in [4.69, 9.17) is 5.41 Å². The zero-order chi connectivity index (χ0) is 11.4. The lowest BCUT2D eigenvalue weighted by molar-refractivity contribution is 0.279. The van der Waals surface area contributed by atoms with Gasteiger partial charge in [-0.2, -0.15) is 0 Å². The van der Waals surface area contributed by atoms with Gasteiger partial charge >= 0.3 is 0 Å². The molecule has 0 saturated carbocycles. The molecule has 0 spiro atoms. The molecule has 0 bridgehead atoms. The van der Waals surface area contributed by atoms with Crippen molar-refractivity contribution in [3.63, 3.8) is 0 Å². The van der Waals surface area contributed by atoms with E-state index in [9.17, 15) is 0 Å². The van der Waals surface area contributed by atoms with Crippen molar-refractivity contribution in [2.24, 2.45) is 0 Å². The number of aryl methyl sites for hydroxylation is 1. The van der Waals surface area contributed by atoms with Gasteiger partial charge in [0.2, 0.25) is 0 Å². The van der Waals surface area contributed by atoms with Crippen LogP contribution in [0, 0.1) is 12.3 Å². The van der Waals surface area contributed by atoms with Gasteiger partial charge in [0.15, 0.2) is 0 Å². The standard InChI is InChI=1S/C14H20N2/c1-12-4-6-13(7-5-12)11-16-9-2-3-14(15)8-10-16/h4-7,15H,2-3,8-11H2,1H3. The minimum atomic E-state index is 0.923. The minimum Gasteiger partial charge on any atom is -0.310 e. The molecule has 86 valence electrons. The zero-order valence-corrected chi connectivity index (χ0v) is 10.00. The predicted molar refractivity (Wildman–Crippen MR) is 68.0 cm³/mol. The summed E-state index contributed by atoms with van der Waals surface area (Å²) < 4.78 is 0. The maximum absolute atomic E-state index is 7.70. The third-order valence-corrected chi connectivity index (χ3v) is 3.21. The van der Waals surface area contributed by atoms with E-state index in [1.165, 1.54) is 11.1 Å². The Hall–Kier alpha value is -1.15. The first-order chi connectivity index (χ1) is 7.74. The monoisotopic (exact) mass is 216 g/mol. The molecule has 1 heterocycles. The fourth-order valence-electron chi connectivity index (χ4n) is 2.16. The Bertz CT molecular complexity index is 354. The molecule has 0 atom stereocenters. The second-order valence-corrected chi connectivity index (χ2v) is 4.72. The average Bonchev–Trinajstić information content (AvgIpc) is 2.47. The van der Waals surface area contributed by atoms with E-state index in [2.05, 4.69) is 36.1 Å². The molecule has 0 radical (unpaired) electrons. The number of nitrogens with zero attached hydrogens (tertiary/aromatic N) is 1. The fourth-order valence-corrected chi connectivity index (χ4v) is 2.16. The molecule has 2 rings (SSSR count). The van der Waals surface area contributed by atoms with Crippen molar-refractivity contribution in [3.05, 3.63) is 35.4 Å². The van der Waals surface area contributed by atoms with E-state index < -0.39 is 0 Å². The van der Waals surface area contributed by atoms with Gasteiger partial charge in [-0.3, -0.25) is 4.90 Å². The molecule has 0 unspecified atom stereocenters. The van der Waals surface area contributed by atoms with E-state index in [0.717, 1.165) is 44.6 Å². The summed E-state index contributed by atoms with van der Waals surface area (Å²) >= 11 is 0. The van der Waals surface area contributed by atoms with Crippen LogP contribution in [-0.4, -0.2) is 23.7 Å². The Morgan fingerprint density at radius 1 is 1.12 bits per heavy atom. The lowest BCUT2D eigenvalue weighted by atomic mass is 10.1. The van der Waals surface area contributed by atoms with Crippen molar-refractivity contribution >= 4 is 5.71 Å². The lowest BCUT2D eigenvalue weighted by Gasteiger charge is -2.19. The molecule has 16 heavy (non-hydrogen) atoms. The molecule has 1 aliphatic rings. The van der Waals surface area contributed by atoms with E-state index in [1.807, 2.05) is 0 Å². The van der Waals surface area contributed by atoms with Crippen LogP contribution < -0.4 is 0 Å². The Kier molecular flexibility index (Phi) is 3.73. The third kappa shape index (κ3) is 3.17. The maximum Gasteiger partial charge on any atom is 0.0233 e. The van der Waals surface area contributed by atoms with Crippen molar-refractivity contribution in [2.75, 3.05) is 13.1 Å². The summed E-state index contributed by atoms with van der Waals surface area (Å²) in [6, 6.07) is 8.78. The molecule has 1 aliphatic heterocycles. The third-order valence-electron chi connectivity index (χ3n) is 3.21. The zero-order valence-electron chi connectivity index (χ0n) is 10.00. The number of hydrogen-bond acceptors (Lipinski definition) is 2. The highest BCUT2D eigenvalue weighted by Crippen LogP contribution is 2.12. The summed E-state index contributed by atoms with van der Waals surface area (Å²) in [5.41, 5.74) is 3.63. The largest absolute Gasteiger partial charge is 0.310 e. The Balaban J connectivity index is 1.93. The molecular weight excluding hydrogens is 196 g/mol. The first-order valence-electron chi connectivity index (χ1n) is 6.08. The molecule has 1 fully saturated rings. The number of hydrogen-bond donors (Lipinski definition) is 1. The highest BCUT2D eigenvalue weighted by atomic mass is 15.1. The Labute approximate surface area is 97.8 Å². The van der Waals surface area contributed by atoms with Crippen molar-refractivity contribution in [1.29, 1.82) is 5.41 Å². The Morgan fingerprint density at radius 2 is 1.88 bits per heavy atom. The van der Waals surface area contributed by atoms with E-state index in [1.54, 1.807) is 0 Å². The minimum absolute atomic E-state index is 0.923. The Morgan fingerprint density at radius 3 is 2.62 bits per heavy atom. The summed E-state index contributed by atoms with van der Waals surface area (Å²) in [4.78, 5) is 2.46. The SMILES string of the molecule is Cc1ccc(CN2CCCC(=N)CC2)cc1. The summed E-state index contributed by atoms with van der Waals surface area (Å²) in [5, 5.41) is 7.70. The molecule has 0 aromatic heterocycles. The number of likely N-dealkylation sites (tertiary alicyclic amines) is 1. The smallest absolute Gasteiger partial charge is 0.0233 e. The van der Waals surface area contributed by atoms with Crippen molar-refractivity contribution in [3.8, 4) is 0 Å². The second kappa shape index (κ2) is 5.26.